The zero-order valence-corrected chi connectivity index (χ0v) is 13.4. The van der Waals surface area contributed by atoms with E-state index in [1.165, 1.54) is 0 Å². The molecule has 0 aliphatic heterocycles. The van der Waals surface area contributed by atoms with Gasteiger partial charge in [-0.15, -0.1) is 0 Å². The van der Waals surface area contributed by atoms with E-state index in [0.717, 1.165) is 16.2 Å². The summed E-state index contributed by atoms with van der Waals surface area (Å²) < 4.78 is 13.7. The maximum Gasteiger partial charge on any atom is 0.164 e. The van der Waals surface area contributed by atoms with Crippen LogP contribution in [0.3, 0.4) is 0 Å². The summed E-state index contributed by atoms with van der Waals surface area (Å²) in [6.45, 7) is 0. The van der Waals surface area contributed by atoms with E-state index >= 15 is 0 Å². The van der Waals surface area contributed by atoms with Crippen molar-refractivity contribution in [2.24, 2.45) is 0 Å². The van der Waals surface area contributed by atoms with E-state index in [4.69, 9.17) is 0 Å². The second-order valence-electron chi connectivity index (χ2n) is 5.24. The fraction of sp³-hybridized carbons (Fsp3) is 0. The molecule has 0 heterocycles. The average molecular weight is 320 g/mol. The number of phenolic OH excluding ortho intramolecular Hbond substituents is 1. The maximum atomic E-state index is 13.7. The third kappa shape index (κ3) is 3.44. The molecule has 0 unspecified atom stereocenters. The average Bonchev–Trinajstić information content (AvgIpc) is 2.62. The van der Waals surface area contributed by atoms with Gasteiger partial charge in [0, 0.05) is 10.6 Å². The predicted octanol–water partition coefficient (Wildman–Crippen LogP) is 4.38. The van der Waals surface area contributed by atoms with Crippen molar-refractivity contribution >= 4 is 23.8 Å². The Hall–Kier alpha value is -2.57. The lowest BCUT2D eigenvalue weighted by molar-refractivity contribution is 0.475. The van der Waals surface area contributed by atoms with Gasteiger partial charge >= 0.3 is 0 Å². The molecule has 23 heavy (non-hydrogen) atoms. The molecule has 0 fully saturated rings. The standard InChI is InChI=1S/C20H17O2P/c21-18-13-11-17(12-14-18)15-16-23(22,19-7-3-1-4-8-19)20-9-5-2-6-10-20/h1-16,21H/b16-15+. The Labute approximate surface area is 136 Å². The lowest BCUT2D eigenvalue weighted by atomic mass is 10.2. The Kier molecular flexibility index (Phi) is 4.45. The Morgan fingerprint density at radius 3 is 1.65 bits per heavy atom. The first-order chi connectivity index (χ1) is 11.2. The molecule has 0 amide bonds. The molecule has 3 rings (SSSR count). The largest absolute Gasteiger partial charge is 0.508 e. The highest BCUT2D eigenvalue weighted by Gasteiger charge is 2.23. The number of hydrogen-bond acceptors (Lipinski definition) is 2. The molecule has 0 aliphatic rings. The van der Waals surface area contributed by atoms with Crippen molar-refractivity contribution in [1.29, 1.82) is 0 Å². The Morgan fingerprint density at radius 2 is 1.17 bits per heavy atom. The van der Waals surface area contributed by atoms with Crippen LogP contribution in [-0.2, 0) is 4.57 Å². The second-order valence-corrected chi connectivity index (χ2v) is 7.88. The van der Waals surface area contributed by atoms with Gasteiger partial charge in [-0.25, -0.2) is 0 Å². The van der Waals surface area contributed by atoms with Crippen molar-refractivity contribution in [1.82, 2.24) is 0 Å². The van der Waals surface area contributed by atoms with Crippen LogP contribution in [0.25, 0.3) is 6.08 Å². The first-order valence-corrected chi connectivity index (χ1v) is 9.15. The molecule has 0 bridgehead atoms. The highest BCUT2D eigenvalue weighted by atomic mass is 31.2. The van der Waals surface area contributed by atoms with Crippen molar-refractivity contribution in [3.63, 3.8) is 0 Å². The lowest BCUT2D eigenvalue weighted by Crippen LogP contribution is -2.13. The first kappa shape index (κ1) is 15.3. The monoisotopic (exact) mass is 320 g/mol. The third-order valence-corrected chi connectivity index (χ3v) is 6.35. The Morgan fingerprint density at radius 1 is 0.696 bits per heavy atom. The normalized spacial score (nSPS) is 11.7. The number of phenols is 1. The zero-order chi connectivity index (χ0) is 16.1. The highest BCUT2D eigenvalue weighted by molar-refractivity contribution is 7.81. The number of hydrogen-bond donors (Lipinski definition) is 1. The summed E-state index contributed by atoms with van der Waals surface area (Å²) in [7, 11) is -2.84. The minimum absolute atomic E-state index is 0.219. The molecule has 3 heteroatoms. The first-order valence-electron chi connectivity index (χ1n) is 7.38. The van der Waals surface area contributed by atoms with Gasteiger partial charge in [0.1, 0.15) is 5.75 Å². The van der Waals surface area contributed by atoms with Gasteiger partial charge in [-0.3, -0.25) is 0 Å². The Bertz CT molecular complexity index is 794. The molecule has 3 aromatic carbocycles. The quantitative estimate of drug-likeness (QED) is 0.725. The highest BCUT2D eigenvalue weighted by Crippen LogP contribution is 2.45. The van der Waals surface area contributed by atoms with Crippen LogP contribution in [0.2, 0.25) is 0 Å². The van der Waals surface area contributed by atoms with Crippen molar-refractivity contribution in [3.8, 4) is 5.75 Å². The number of aromatic hydroxyl groups is 1. The molecule has 0 aliphatic carbocycles. The van der Waals surface area contributed by atoms with Crippen LogP contribution < -0.4 is 10.6 Å². The van der Waals surface area contributed by atoms with Crippen LogP contribution in [0.1, 0.15) is 5.56 Å². The molecule has 3 aromatic rings. The van der Waals surface area contributed by atoms with Gasteiger partial charge in [0.2, 0.25) is 0 Å². The lowest BCUT2D eigenvalue weighted by Gasteiger charge is -2.15. The van der Waals surface area contributed by atoms with Crippen molar-refractivity contribution in [2.75, 3.05) is 0 Å². The molecule has 0 saturated carbocycles. The SMILES string of the molecule is O=P(/C=C/c1ccc(O)cc1)(c1ccccc1)c1ccccc1. The van der Waals surface area contributed by atoms with Crippen molar-refractivity contribution < 1.29 is 9.67 Å². The van der Waals surface area contributed by atoms with Crippen LogP contribution in [0.15, 0.2) is 90.7 Å². The van der Waals surface area contributed by atoms with Crippen LogP contribution in [0.4, 0.5) is 0 Å². The number of benzene rings is 3. The van der Waals surface area contributed by atoms with E-state index in [1.54, 1.807) is 30.1 Å². The summed E-state index contributed by atoms with van der Waals surface area (Å²) in [4.78, 5) is 0. The van der Waals surface area contributed by atoms with Gasteiger partial charge in [-0.1, -0.05) is 78.9 Å². The second kappa shape index (κ2) is 6.68. The van der Waals surface area contributed by atoms with Gasteiger partial charge in [0.25, 0.3) is 0 Å². The minimum Gasteiger partial charge on any atom is -0.508 e. The van der Waals surface area contributed by atoms with Gasteiger partial charge in [-0.05, 0) is 23.5 Å². The van der Waals surface area contributed by atoms with Gasteiger partial charge in [0.15, 0.2) is 7.14 Å². The van der Waals surface area contributed by atoms with Crippen LogP contribution in [-0.4, -0.2) is 5.11 Å². The van der Waals surface area contributed by atoms with Gasteiger partial charge in [-0.2, -0.15) is 0 Å². The van der Waals surface area contributed by atoms with E-state index in [1.807, 2.05) is 66.7 Å². The van der Waals surface area contributed by atoms with Crippen LogP contribution in [0, 0.1) is 0 Å². The summed E-state index contributed by atoms with van der Waals surface area (Å²) in [6.07, 6.45) is 1.85. The van der Waals surface area contributed by atoms with E-state index in [-0.39, 0.29) is 5.75 Å². The molecule has 0 aromatic heterocycles. The van der Waals surface area contributed by atoms with E-state index in [9.17, 15) is 9.67 Å². The smallest absolute Gasteiger partial charge is 0.164 e. The topological polar surface area (TPSA) is 37.3 Å². The molecular formula is C20H17O2P. The summed E-state index contributed by atoms with van der Waals surface area (Å²) in [5.41, 5.74) is 0.898. The van der Waals surface area contributed by atoms with Crippen LogP contribution >= 0.6 is 7.14 Å². The summed E-state index contributed by atoms with van der Waals surface area (Å²) in [6, 6.07) is 25.9. The van der Waals surface area contributed by atoms with E-state index in [0.29, 0.717) is 0 Å². The Balaban J connectivity index is 2.06. The molecule has 1 N–H and O–H groups in total. The van der Waals surface area contributed by atoms with Crippen LogP contribution in [0.5, 0.6) is 5.75 Å². The molecule has 0 saturated heterocycles. The fourth-order valence-corrected chi connectivity index (χ4v) is 4.65. The van der Waals surface area contributed by atoms with Gasteiger partial charge in [0.05, 0.1) is 0 Å². The summed E-state index contributed by atoms with van der Waals surface area (Å²) >= 11 is 0. The van der Waals surface area contributed by atoms with E-state index < -0.39 is 7.14 Å². The number of rotatable bonds is 4. The molecule has 2 nitrogen and oxygen atoms in total. The predicted molar refractivity (Wildman–Crippen MR) is 96.9 cm³/mol. The summed E-state index contributed by atoms with van der Waals surface area (Å²) in [5, 5.41) is 11.0. The fourth-order valence-electron chi connectivity index (χ4n) is 2.40. The van der Waals surface area contributed by atoms with E-state index in [2.05, 4.69) is 0 Å². The molecule has 114 valence electrons. The maximum absolute atomic E-state index is 13.7. The molecular weight excluding hydrogens is 303 g/mol. The van der Waals surface area contributed by atoms with Crippen molar-refractivity contribution in [2.45, 2.75) is 0 Å². The van der Waals surface area contributed by atoms with Crippen molar-refractivity contribution in [3.05, 3.63) is 96.3 Å². The van der Waals surface area contributed by atoms with Gasteiger partial charge < -0.3 is 9.67 Å². The third-order valence-electron chi connectivity index (χ3n) is 3.65. The molecule has 0 radical (unpaired) electrons. The molecule has 0 atom stereocenters. The zero-order valence-electron chi connectivity index (χ0n) is 12.5. The minimum atomic E-state index is -2.84. The summed E-state index contributed by atoms with van der Waals surface area (Å²) in [5.74, 6) is 2.00. The molecule has 0 spiro atoms.